The Bertz CT molecular complexity index is 974. The van der Waals surface area contributed by atoms with Crippen molar-refractivity contribution in [1.82, 2.24) is 0 Å². The highest BCUT2D eigenvalue weighted by molar-refractivity contribution is 5.80. The molecule has 2 nitrogen and oxygen atoms in total. The number of carbonyl (C=O) groups excluding carboxylic acids is 1. The van der Waals surface area contributed by atoms with Gasteiger partial charge < -0.3 is 4.74 Å². The maximum absolute atomic E-state index is 14.4. The van der Waals surface area contributed by atoms with Crippen molar-refractivity contribution in [2.24, 2.45) is 11.3 Å². The zero-order chi connectivity index (χ0) is 22.6. The summed E-state index contributed by atoms with van der Waals surface area (Å²) in [5.74, 6) is -8.20. The summed E-state index contributed by atoms with van der Waals surface area (Å²) in [5.41, 5.74) is -0.351. The largest absolute Gasteiger partial charge is 0.431 e. The second-order valence-corrected chi connectivity index (χ2v) is 9.31. The Morgan fingerprint density at radius 3 is 2.03 bits per heavy atom. The minimum Gasteiger partial charge on any atom is -0.397 e. The maximum atomic E-state index is 14.4. The van der Waals surface area contributed by atoms with Crippen LogP contribution in [0.2, 0.25) is 0 Å². The molecule has 1 aliphatic carbocycles. The second-order valence-electron chi connectivity index (χ2n) is 9.31. The monoisotopic (exact) mass is 426 g/mol. The van der Waals surface area contributed by atoms with Gasteiger partial charge in [0.1, 0.15) is 5.56 Å². The number of ether oxygens (including phenoxy) is 1. The average molecular weight is 426 g/mol. The number of rotatable bonds is 4. The number of esters is 1. The molecule has 1 saturated carbocycles. The summed E-state index contributed by atoms with van der Waals surface area (Å²) >= 11 is 0. The Labute approximate surface area is 172 Å². The molecule has 0 unspecified atom stereocenters. The number of carbonyl (C=O) groups is 1. The first-order valence-corrected chi connectivity index (χ1v) is 9.53. The zero-order valence-electron chi connectivity index (χ0n) is 17.3. The minimum atomic E-state index is -4.44. The molecule has 2 aromatic carbocycles. The number of halogens is 5. The molecule has 0 N–H and O–H groups in total. The van der Waals surface area contributed by atoms with Gasteiger partial charge in [0.15, 0.2) is 17.5 Å². The van der Waals surface area contributed by atoms with Crippen molar-refractivity contribution in [3.05, 3.63) is 70.5 Å². The molecule has 0 aromatic heterocycles. The molecule has 30 heavy (non-hydrogen) atoms. The molecule has 2 atom stereocenters. The fraction of sp³-hybridized carbons (Fsp3) is 0.435. The van der Waals surface area contributed by atoms with Crippen LogP contribution >= 0.6 is 0 Å². The molecule has 1 fully saturated rings. The van der Waals surface area contributed by atoms with Crippen molar-refractivity contribution in [2.45, 2.75) is 52.1 Å². The van der Waals surface area contributed by atoms with Crippen molar-refractivity contribution in [2.75, 3.05) is 0 Å². The summed E-state index contributed by atoms with van der Waals surface area (Å²) in [6.07, 6.45) is -4.44. The van der Waals surface area contributed by atoms with Crippen molar-refractivity contribution < 1.29 is 31.5 Å². The van der Waals surface area contributed by atoms with E-state index in [2.05, 4.69) is 25.5 Å². The van der Waals surface area contributed by atoms with E-state index in [1.165, 1.54) is 0 Å². The lowest BCUT2D eigenvalue weighted by atomic mass is 9.86. The molecule has 0 spiro atoms. The third-order valence-corrected chi connectivity index (χ3v) is 5.79. The van der Waals surface area contributed by atoms with E-state index in [-0.39, 0.29) is 11.3 Å². The molecule has 0 saturated heterocycles. The Morgan fingerprint density at radius 2 is 1.50 bits per heavy atom. The Morgan fingerprint density at radius 1 is 0.933 bits per heavy atom. The van der Waals surface area contributed by atoms with Crippen LogP contribution in [-0.4, -0.2) is 5.97 Å². The molecular weight excluding hydrogens is 403 g/mol. The van der Waals surface area contributed by atoms with Gasteiger partial charge in [-0.15, -0.1) is 0 Å². The van der Waals surface area contributed by atoms with Gasteiger partial charge in [0.05, 0.1) is 5.92 Å². The van der Waals surface area contributed by atoms with Crippen LogP contribution < -0.4 is 0 Å². The first-order chi connectivity index (χ1) is 13.7. The second kappa shape index (κ2) is 7.06. The molecule has 162 valence electrons. The molecular formula is C23H23F5O2. The van der Waals surface area contributed by atoms with Gasteiger partial charge in [0.25, 0.3) is 0 Å². The van der Waals surface area contributed by atoms with Gasteiger partial charge in [-0.3, -0.25) is 4.79 Å². The van der Waals surface area contributed by atoms with Crippen LogP contribution in [0.15, 0.2) is 36.4 Å². The predicted molar refractivity (Wildman–Crippen MR) is 101 cm³/mol. The first-order valence-electron chi connectivity index (χ1n) is 9.53. The van der Waals surface area contributed by atoms with E-state index < -0.39 is 46.4 Å². The molecule has 3 rings (SSSR count). The van der Waals surface area contributed by atoms with E-state index in [1.807, 2.05) is 24.3 Å². The zero-order valence-corrected chi connectivity index (χ0v) is 17.3. The SMILES string of the molecule is CC(C)(C)c1ccc([C@@H]2[C@@H](C(=O)OC(F)(F)c3ccc(F)c(F)c3F)C2(C)C)cc1. The van der Waals surface area contributed by atoms with Crippen LogP contribution in [0.3, 0.4) is 0 Å². The summed E-state index contributed by atoms with van der Waals surface area (Å²) in [7, 11) is 0. The van der Waals surface area contributed by atoms with Crippen molar-refractivity contribution >= 4 is 5.97 Å². The fourth-order valence-electron chi connectivity index (χ4n) is 3.89. The van der Waals surface area contributed by atoms with Gasteiger partial charge in [-0.05, 0) is 34.1 Å². The van der Waals surface area contributed by atoms with Gasteiger partial charge in [0, 0.05) is 5.92 Å². The normalized spacial score (nSPS) is 20.7. The van der Waals surface area contributed by atoms with Crippen LogP contribution in [0.1, 0.15) is 57.2 Å². The van der Waals surface area contributed by atoms with Crippen molar-refractivity contribution in [1.29, 1.82) is 0 Å². The van der Waals surface area contributed by atoms with Crippen LogP contribution in [0.25, 0.3) is 0 Å². The standard InChI is InChI=1S/C23H23F5O2/c1-21(2,3)13-8-6-12(7-9-13)16-17(22(16,4)5)20(29)30-23(27,28)14-10-11-15(24)19(26)18(14)25/h6-11,16-17H,1-5H3/t16-,17+/m1/s1. The Balaban J connectivity index is 1.81. The Hall–Kier alpha value is -2.44. The molecule has 0 heterocycles. The molecule has 0 aliphatic heterocycles. The summed E-state index contributed by atoms with van der Waals surface area (Å²) in [4.78, 5) is 12.5. The van der Waals surface area contributed by atoms with E-state index in [0.29, 0.717) is 12.1 Å². The van der Waals surface area contributed by atoms with Crippen molar-refractivity contribution in [3.63, 3.8) is 0 Å². The van der Waals surface area contributed by atoms with E-state index >= 15 is 0 Å². The summed E-state index contributed by atoms with van der Waals surface area (Å²) in [6, 6.07) is 8.29. The van der Waals surface area contributed by atoms with Crippen LogP contribution in [0.4, 0.5) is 22.0 Å². The summed E-state index contributed by atoms with van der Waals surface area (Å²) in [5, 5.41) is 0. The summed E-state index contributed by atoms with van der Waals surface area (Å²) < 4.78 is 73.1. The van der Waals surface area contributed by atoms with Gasteiger partial charge in [-0.25, -0.2) is 13.2 Å². The minimum absolute atomic E-state index is 0.0630. The number of hydrogen-bond acceptors (Lipinski definition) is 2. The predicted octanol–water partition coefficient (Wildman–Crippen LogP) is 6.43. The molecule has 2 aromatic rings. The smallest absolute Gasteiger partial charge is 0.397 e. The molecule has 0 radical (unpaired) electrons. The molecule has 1 aliphatic rings. The lowest BCUT2D eigenvalue weighted by Crippen LogP contribution is -2.26. The average Bonchev–Trinajstić information content (AvgIpc) is 3.21. The summed E-state index contributed by atoms with van der Waals surface area (Å²) in [6.45, 7) is 9.67. The fourth-order valence-corrected chi connectivity index (χ4v) is 3.89. The third-order valence-electron chi connectivity index (χ3n) is 5.79. The van der Waals surface area contributed by atoms with Crippen LogP contribution in [0.5, 0.6) is 0 Å². The molecule has 0 amide bonds. The number of alkyl halides is 2. The highest BCUT2D eigenvalue weighted by Crippen LogP contribution is 2.65. The molecule has 7 heteroatoms. The molecule has 0 bridgehead atoms. The van der Waals surface area contributed by atoms with Crippen molar-refractivity contribution in [3.8, 4) is 0 Å². The van der Waals surface area contributed by atoms with Crippen LogP contribution in [-0.2, 0) is 21.1 Å². The quantitative estimate of drug-likeness (QED) is 0.320. The van der Waals surface area contributed by atoms with E-state index in [0.717, 1.165) is 11.1 Å². The van der Waals surface area contributed by atoms with Crippen LogP contribution in [0, 0.1) is 28.8 Å². The first kappa shape index (κ1) is 22.2. The van der Waals surface area contributed by atoms with E-state index in [4.69, 9.17) is 0 Å². The lowest BCUT2D eigenvalue weighted by Gasteiger charge is -2.19. The van der Waals surface area contributed by atoms with Gasteiger partial charge in [-0.1, -0.05) is 58.9 Å². The van der Waals surface area contributed by atoms with Gasteiger partial charge in [-0.2, -0.15) is 8.78 Å². The Kier molecular flexibility index (Phi) is 5.24. The lowest BCUT2D eigenvalue weighted by molar-refractivity contribution is -0.243. The third kappa shape index (κ3) is 3.82. The topological polar surface area (TPSA) is 26.3 Å². The highest BCUT2D eigenvalue weighted by Gasteiger charge is 2.64. The maximum Gasteiger partial charge on any atom is 0.431 e. The number of hydrogen-bond donors (Lipinski definition) is 0. The van der Waals surface area contributed by atoms with E-state index in [9.17, 15) is 26.7 Å². The van der Waals surface area contributed by atoms with E-state index in [1.54, 1.807) is 13.8 Å². The highest BCUT2D eigenvalue weighted by atomic mass is 19.3. The number of benzene rings is 2. The van der Waals surface area contributed by atoms with Gasteiger partial charge >= 0.3 is 12.1 Å². The van der Waals surface area contributed by atoms with Gasteiger partial charge in [0.2, 0.25) is 0 Å².